The first kappa shape index (κ1) is 19.4. The Morgan fingerprint density at radius 1 is 1.17 bits per heavy atom. The zero-order valence-electron chi connectivity index (χ0n) is 16.4. The summed E-state index contributed by atoms with van der Waals surface area (Å²) in [5.41, 5.74) is 2.99. The van der Waals surface area contributed by atoms with Gasteiger partial charge in [0.05, 0.1) is 16.0 Å². The molecule has 29 heavy (non-hydrogen) atoms. The molecule has 3 N–H and O–H groups in total. The molecular weight excluding hydrogens is 390 g/mol. The molecule has 8 nitrogen and oxygen atoms in total. The monoisotopic (exact) mass is 411 g/mol. The number of aryl methyl sites for hydroxylation is 1. The van der Waals surface area contributed by atoms with Gasteiger partial charge in [-0.05, 0) is 48.6 Å². The summed E-state index contributed by atoms with van der Waals surface area (Å²) < 4.78 is 24.4. The average Bonchev–Trinajstić information content (AvgIpc) is 2.59. The SMILES string of the molecule is Cc1c2c(nc3ncn(-c4ccc(S(N)(=O)=O)cc4)c(=N)c13)CC(C)(C)CC2=O. The number of ketones is 1. The van der Waals surface area contributed by atoms with Crippen LogP contribution in [0.4, 0.5) is 0 Å². The molecule has 0 radical (unpaired) electrons. The highest BCUT2D eigenvalue weighted by Gasteiger charge is 2.34. The summed E-state index contributed by atoms with van der Waals surface area (Å²) in [6.07, 6.45) is 2.60. The number of primary sulfonamides is 1. The molecule has 0 saturated carbocycles. The Balaban J connectivity index is 1.92. The molecule has 2 aromatic heterocycles. The minimum atomic E-state index is -3.80. The third kappa shape index (κ3) is 3.26. The van der Waals surface area contributed by atoms with Crippen molar-refractivity contribution in [1.29, 1.82) is 5.41 Å². The molecule has 0 atom stereocenters. The lowest BCUT2D eigenvalue weighted by Gasteiger charge is -2.30. The predicted octanol–water partition coefficient (Wildman–Crippen LogP) is 2.01. The molecule has 1 aliphatic carbocycles. The number of Topliss-reactive ketones (excluding diaryl/α,β-unsaturated/α-hetero) is 1. The van der Waals surface area contributed by atoms with Crippen molar-refractivity contribution in [2.45, 2.75) is 38.5 Å². The number of carbonyl (C=O) groups excluding carboxylic acids is 1. The number of rotatable bonds is 2. The second-order valence-corrected chi connectivity index (χ2v) is 9.76. The van der Waals surface area contributed by atoms with E-state index >= 15 is 0 Å². The number of carbonyl (C=O) groups is 1. The van der Waals surface area contributed by atoms with Gasteiger partial charge in [0.25, 0.3) is 0 Å². The van der Waals surface area contributed by atoms with Crippen molar-refractivity contribution in [3.05, 3.63) is 52.9 Å². The number of hydrogen-bond acceptors (Lipinski definition) is 6. The van der Waals surface area contributed by atoms with Crippen LogP contribution in [0.15, 0.2) is 35.5 Å². The smallest absolute Gasteiger partial charge is 0.238 e. The minimum Gasteiger partial charge on any atom is -0.294 e. The number of nitrogens with zero attached hydrogens (tertiary/aromatic N) is 3. The first-order chi connectivity index (χ1) is 13.5. The Kier molecular flexibility index (Phi) is 4.21. The number of hydrogen-bond donors (Lipinski definition) is 2. The molecule has 0 spiro atoms. The van der Waals surface area contributed by atoms with Crippen LogP contribution in [0.1, 0.15) is 41.9 Å². The lowest BCUT2D eigenvalue weighted by atomic mass is 9.74. The maximum Gasteiger partial charge on any atom is 0.238 e. The molecule has 0 aliphatic heterocycles. The van der Waals surface area contributed by atoms with E-state index in [2.05, 4.69) is 9.97 Å². The normalized spacial score (nSPS) is 16.1. The van der Waals surface area contributed by atoms with Gasteiger partial charge >= 0.3 is 0 Å². The first-order valence-corrected chi connectivity index (χ1v) is 10.6. The van der Waals surface area contributed by atoms with Crippen LogP contribution in [0.2, 0.25) is 0 Å². The van der Waals surface area contributed by atoms with Gasteiger partial charge in [0, 0.05) is 17.7 Å². The molecule has 0 amide bonds. The molecule has 0 fully saturated rings. The van der Waals surface area contributed by atoms with Crippen molar-refractivity contribution in [2.75, 3.05) is 0 Å². The number of nitrogens with one attached hydrogen (secondary N) is 1. The van der Waals surface area contributed by atoms with Crippen molar-refractivity contribution in [2.24, 2.45) is 10.6 Å². The molecule has 1 aromatic carbocycles. The fraction of sp³-hybridized carbons (Fsp3) is 0.300. The van der Waals surface area contributed by atoms with Gasteiger partial charge in [0.2, 0.25) is 10.0 Å². The molecule has 3 aromatic rings. The van der Waals surface area contributed by atoms with Gasteiger partial charge in [-0.2, -0.15) is 0 Å². The van der Waals surface area contributed by atoms with Gasteiger partial charge in [-0.15, -0.1) is 0 Å². The van der Waals surface area contributed by atoms with Gasteiger partial charge in [-0.25, -0.2) is 23.5 Å². The first-order valence-electron chi connectivity index (χ1n) is 9.10. The Morgan fingerprint density at radius 3 is 2.45 bits per heavy atom. The quantitative estimate of drug-likeness (QED) is 0.666. The zero-order chi connectivity index (χ0) is 21.1. The standard InChI is InChI=1S/C20H21N5O3S/c1-11-16-14(8-20(2,3)9-15(16)26)24-19-17(11)18(21)25(10-23-19)12-4-6-13(7-5-12)29(22,27)28/h4-7,10,21H,8-9H2,1-3H3,(H2,22,27,28). The second-order valence-electron chi connectivity index (χ2n) is 8.20. The largest absolute Gasteiger partial charge is 0.294 e. The highest BCUT2D eigenvalue weighted by Crippen LogP contribution is 2.36. The van der Waals surface area contributed by atoms with E-state index in [4.69, 9.17) is 10.5 Å². The van der Waals surface area contributed by atoms with Crippen LogP contribution in [-0.2, 0) is 16.4 Å². The fourth-order valence-corrected chi connectivity index (χ4v) is 4.46. The Bertz CT molecular complexity index is 1340. The second kappa shape index (κ2) is 6.30. The number of pyridine rings is 1. The van der Waals surface area contributed by atoms with E-state index < -0.39 is 10.0 Å². The van der Waals surface area contributed by atoms with Crippen molar-refractivity contribution in [3.8, 4) is 5.69 Å². The molecule has 4 rings (SSSR count). The maximum atomic E-state index is 12.8. The Labute approximate surface area is 168 Å². The van der Waals surface area contributed by atoms with Crippen LogP contribution < -0.4 is 10.6 Å². The van der Waals surface area contributed by atoms with E-state index in [1.807, 2.05) is 20.8 Å². The number of benzene rings is 1. The van der Waals surface area contributed by atoms with E-state index in [9.17, 15) is 13.2 Å². The molecule has 0 bridgehead atoms. The number of sulfonamides is 1. The minimum absolute atomic E-state index is 0.0118. The molecular formula is C20H21N5O3S. The lowest BCUT2D eigenvalue weighted by molar-refractivity contribution is 0.0910. The van der Waals surface area contributed by atoms with E-state index in [1.54, 1.807) is 12.1 Å². The van der Waals surface area contributed by atoms with Crippen LogP contribution in [0.3, 0.4) is 0 Å². The summed E-state index contributed by atoms with van der Waals surface area (Å²) in [6, 6.07) is 5.87. The van der Waals surface area contributed by atoms with Crippen molar-refractivity contribution >= 4 is 26.8 Å². The topological polar surface area (TPSA) is 132 Å². The van der Waals surface area contributed by atoms with Crippen LogP contribution in [0.5, 0.6) is 0 Å². The van der Waals surface area contributed by atoms with Crippen molar-refractivity contribution in [3.63, 3.8) is 0 Å². The summed E-state index contributed by atoms with van der Waals surface area (Å²) in [6.45, 7) is 5.91. The van der Waals surface area contributed by atoms with E-state index in [1.165, 1.54) is 23.0 Å². The molecule has 0 saturated heterocycles. The van der Waals surface area contributed by atoms with Crippen molar-refractivity contribution < 1.29 is 13.2 Å². The molecule has 150 valence electrons. The maximum absolute atomic E-state index is 12.8. The summed E-state index contributed by atoms with van der Waals surface area (Å²) in [5, 5.41) is 14.3. The predicted molar refractivity (Wildman–Crippen MR) is 107 cm³/mol. The third-order valence-corrected chi connectivity index (χ3v) is 6.21. The lowest BCUT2D eigenvalue weighted by Crippen LogP contribution is -2.30. The molecule has 1 aliphatic rings. The van der Waals surface area contributed by atoms with Crippen LogP contribution in [-0.4, -0.2) is 28.7 Å². The Hall–Kier alpha value is -2.91. The molecule has 9 heteroatoms. The summed E-state index contributed by atoms with van der Waals surface area (Å²) in [7, 11) is -3.80. The number of aromatic nitrogens is 3. The van der Waals surface area contributed by atoms with Gasteiger partial charge in [-0.3, -0.25) is 14.8 Å². The van der Waals surface area contributed by atoms with Gasteiger partial charge in [0.15, 0.2) is 11.4 Å². The summed E-state index contributed by atoms with van der Waals surface area (Å²) in [4.78, 5) is 21.8. The van der Waals surface area contributed by atoms with E-state index in [-0.39, 0.29) is 21.6 Å². The van der Waals surface area contributed by atoms with E-state index in [0.717, 1.165) is 5.69 Å². The number of nitrogens with two attached hydrogens (primary N) is 1. The zero-order valence-corrected chi connectivity index (χ0v) is 17.2. The summed E-state index contributed by atoms with van der Waals surface area (Å²) >= 11 is 0. The highest BCUT2D eigenvalue weighted by molar-refractivity contribution is 7.89. The van der Waals surface area contributed by atoms with Gasteiger partial charge < -0.3 is 0 Å². The van der Waals surface area contributed by atoms with E-state index in [0.29, 0.717) is 40.7 Å². The molecule has 0 unspecified atom stereocenters. The van der Waals surface area contributed by atoms with Crippen LogP contribution in [0, 0.1) is 17.7 Å². The Morgan fingerprint density at radius 2 is 1.83 bits per heavy atom. The summed E-state index contributed by atoms with van der Waals surface area (Å²) in [5.74, 6) is 0.0375. The van der Waals surface area contributed by atoms with Gasteiger partial charge in [-0.1, -0.05) is 13.8 Å². The molecule has 2 heterocycles. The fourth-order valence-electron chi connectivity index (χ4n) is 3.95. The third-order valence-electron chi connectivity index (χ3n) is 5.28. The number of fused-ring (bicyclic) bond motifs is 2. The van der Waals surface area contributed by atoms with Gasteiger partial charge in [0.1, 0.15) is 11.8 Å². The van der Waals surface area contributed by atoms with Crippen LogP contribution in [0.25, 0.3) is 16.7 Å². The van der Waals surface area contributed by atoms with Crippen LogP contribution >= 0.6 is 0 Å². The average molecular weight is 411 g/mol. The van der Waals surface area contributed by atoms with Crippen molar-refractivity contribution in [1.82, 2.24) is 14.5 Å². The highest BCUT2D eigenvalue weighted by atomic mass is 32.2.